The third-order valence-electron chi connectivity index (χ3n) is 3.67. The van der Waals surface area contributed by atoms with Crippen molar-refractivity contribution in [2.75, 3.05) is 0 Å². The highest BCUT2D eigenvalue weighted by atomic mass is 19.4. The van der Waals surface area contributed by atoms with Crippen LogP contribution in [0.1, 0.15) is 30.4 Å². The van der Waals surface area contributed by atoms with Gasteiger partial charge in [0.1, 0.15) is 5.56 Å². The number of rotatable bonds is 3. The number of aromatic nitrogens is 1. The van der Waals surface area contributed by atoms with E-state index in [0.29, 0.717) is 4.57 Å². The van der Waals surface area contributed by atoms with Crippen LogP contribution in [0.3, 0.4) is 0 Å². The zero-order valence-corrected chi connectivity index (χ0v) is 11.4. The largest absolute Gasteiger partial charge is 0.421 e. The van der Waals surface area contributed by atoms with Crippen molar-refractivity contribution in [3.8, 4) is 0 Å². The summed E-state index contributed by atoms with van der Waals surface area (Å²) in [6.07, 6.45) is -11.1. The minimum absolute atomic E-state index is 0.0892. The Morgan fingerprint density at radius 2 is 1.65 bits per heavy atom. The number of alkyl halides is 8. The zero-order chi connectivity index (χ0) is 17.6. The number of pyridine rings is 1. The van der Waals surface area contributed by atoms with Crippen molar-refractivity contribution in [1.29, 1.82) is 0 Å². The van der Waals surface area contributed by atoms with E-state index in [1.807, 2.05) is 0 Å². The Labute approximate surface area is 124 Å². The third kappa shape index (κ3) is 4.03. The maximum atomic E-state index is 12.7. The summed E-state index contributed by atoms with van der Waals surface area (Å²) in [6, 6.07) is -0.240. The van der Waals surface area contributed by atoms with Crippen LogP contribution in [-0.2, 0) is 18.9 Å². The molecule has 1 aromatic rings. The molecule has 1 aliphatic rings. The molecule has 0 aliphatic heterocycles. The molecule has 2 nitrogen and oxygen atoms in total. The van der Waals surface area contributed by atoms with Crippen LogP contribution in [0, 0.1) is 5.92 Å². The summed E-state index contributed by atoms with van der Waals surface area (Å²) in [7, 11) is 0. The fourth-order valence-corrected chi connectivity index (χ4v) is 2.47. The number of halogens is 8. The predicted octanol–water partition coefficient (Wildman–Crippen LogP) is 4.32. The molecule has 1 aromatic heterocycles. The molecule has 1 aliphatic carbocycles. The molecule has 0 atom stereocenters. The monoisotopic (exact) mass is 349 g/mol. The summed E-state index contributed by atoms with van der Waals surface area (Å²) < 4.78 is 102. The Balaban J connectivity index is 2.29. The molecule has 0 N–H and O–H groups in total. The van der Waals surface area contributed by atoms with Crippen LogP contribution in [0.2, 0.25) is 0 Å². The van der Waals surface area contributed by atoms with Crippen molar-refractivity contribution in [2.24, 2.45) is 5.92 Å². The second-order valence-corrected chi connectivity index (χ2v) is 5.56. The van der Waals surface area contributed by atoms with Gasteiger partial charge in [-0.05, 0) is 18.4 Å². The Bertz CT molecular complexity index is 635. The van der Waals surface area contributed by atoms with E-state index in [2.05, 4.69) is 0 Å². The highest BCUT2D eigenvalue weighted by Gasteiger charge is 2.45. The first-order valence-corrected chi connectivity index (χ1v) is 6.56. The highest BCUT2D eigenvalue weighted by molar-refractivity contribution is 5.24. The molecule has 1 saturated carbocycles. The molecule has 2 rings (SSSR count). The van der Waals surface area contributed by atoms with E-state index in [1.165, 1.54) is 0 Å². The van der Waals surface area contributed by atoms with Crippen molar-refractivity contribution in [2.45, 2.75) is 44.1 Å². The lowest BCUT2D eigenvalue weighted by molar-refractivity contribution is -0.144. The molecule has 0 bridgehead atoms. The number of nitrogens with zero attached hydrogens (tertiary/aromatic N) is 1. The van der Waals surface area contributed by atoms with Gasteiger partial charge in [0, 0.05) is 25.6 Å². The van der Waals surface area contributed by atoms with Gasteiger partial charge in [-0.25, -0.2) is 8.78 Å². The van der Waals surface area contributed by atoms with Crippen molar-refractivity contribution in [3.63, 3.8) is 0 Å². The summed E-state index contributed by atoms with van der Waals surface area (Å²) in [5.41, 5.74) is -5.15. The van der Waals surface area contributed by atoms with E-state index < -0.39 is 60.3 Å². The summed E-state index contributed by atoms with van der Waals surface area (Å²) in [4.78, 5) is 11.7. The summed E-state index contributed by atoms with van der Waals surface area (Å²) in [5, 5.41) is 0. The molecular weight excluding hydrogens is 338 g/mol. The van der Waals surface area contributed by atoms with Crippen LogP contribution in [0.4, 0.5) is 35.1 Å². The minimum Gasteiger partial charge on any atom is -0.314 e. The van der Waals surface area contributed by atoms with Gasteiger partial charge >= 0.3 is 12.4 Å². The smallest absolute Gasteiger partial charge is 0.314 e. The molecule has 23 heavy (non-hydrogen) atoms. The van der Waals surface area contributed by atoms with Crippen molar-refractivity contribution < 1.29 is 35.1 Å². The minimum atomic E-state index is -5.23. The Kier molecular flexibility index (Phi) is 4.23. The van der Waals surface area contributed by atoms with E-state index in [1.54, 1.807) is 0 Å². The first-order valence-electron chi connectivity index (χ1n) is 6.56. The van der Waals surface area contributed by atoms with Crippen LogP contribution in [0.25, 0.3) is 0 Å². The first-order chi connectivity index (χ1) is 10.3. The average Bonchev–Trinajstić information content (AvgIpc) is 2.32. The maximum absolute atomic E-state index is 12.7. The molecule has 0 saturated heterocycles. The fraction of sp³-hybridized carbons (Fsp3) is 0.615. The van der Waals surface area contributed by atoms with Crippen molar-refractivity contribution in [3.05, 3.63) is 33.7 Å². The van der Waals surface area contributed by atoms with Gasteiger partial charge < -0.3 is 4.57 Å². The van der Waals surface area contributed by atoms with Crippen molar-refractivity contribution >= 4 is 0 Å². The molecule has 0 amide bonds. The van der Waals surface area contributed by atoms with Gasteiger partial charge in [-0.2, -0.15) is 26.3 Å². The standard InChI is InChI=1S/C13H11F8NO/c14-11(15)4-7(5-11)1-2-22-6-8(12(16,17)18)3-9(10(22)23)13(19,20)21/h3,6-7H,1-2,4-5H2. The van der Waals surface area contributed by atoms with Crippen molar-refractivity contribution in [1.82, 2.24) is 4.57 Å². The SMILES string of the molecule is O=c1c(C(F)(F)F)cc(C(F)(F)F)cn1CCC1CC(F)(F)C1. The van der Waals surface area contributed by atoms with Gasteiger partial charge in [0.2, 0.25) is 5.92 Å². The molecule has 10 heteroatoms. The lowest BCUT2D eigenvalue weighted by Crippen LogP contribution is -2.37. The van der Waals surface area contributed by atoms with Gasteiger partial charge in [0.05, 0.1) is 5.56 Å². The van der Waals surface area contributed by atoms with Gasteiger partial charge in [0.25, 0.3) is 5.56 Å². The van der Waals surface area contributed by atoms with Crippen LogP contribution in [-0.4, -0.2) is 10.5 Å². The van der Waals surface area contributed by atoms with Gasteiger partial charge in [-0.3, -0.25) is 4.79 Å². The Hall–Kier alpha value is -1.61. The molecule has 0 radical (unpaired) electrons. The van der Waals surface area contributed by atoms with E-state index in [-0.39, 0.29) is 18.7 Å². The maximum Gasteiger partial charge on any atom is 0.421 e. The quantitative estimate of drug-likeness (QED) is 0.745. The van der Waals surface area contributed by atoms with Gasteiger partial charge in [-0.15, -0.1) is 0 Å². The lowest BCUT2D eigenvalue weighted by Gasteiger charge is -2.35. The summed E-state index contributed by atoms with van der Waals surface area (Å²) in [6.45, 7) is -0.480. The average molecular weight is 349 g/mol. The third-order valence-corrected chi connectivity index (χ3v) is 3.67. The molecule has 130 valence electrons. The molecule has 0 spiro atoms. The van der Waals surface area contributed by atoms with E-state index in [0.717, 1.165) is 0 Å². The van der Waals surface area contributed by atoms with Crippen LogP contribution < -0.4 is 5.56 Å². The van der Waals surface area contributed by atoms with Gasteiger partial charge in [-0.1, -0.05) is 0 Å². The normalized spacial score (nSPS) is 18.8. The summed E-state index contributed by atoms with van der Waals surface area (Å²) >= 11 is 0. The number of hydrogen-bond acceptors (Lipinski definition) is 1. The number of aryl methyl sites for hydroxylation is 1. The molecule has 0 unspecified atom stereocenters. The topological polar surface area (TPSA) is 22.0 Å². The molecular formula is C13H11F8NO. The van der Waals surface area contributed by atoms with Gasteiger partial charge in [0.15, 0.2) is 0 Å². The summed E-state index contributed by atoms with van der Waals surface area (Å²) in [5.74, 6) is -3.37. The lowest BCUT2D eigenvalue weighted by atomic mass is 9.79. The van der Waals surface area contributed by atoms with Crippen LogP contribution >= 0.6 is 0 Å². The van der Waals surface area contributed by atoms with E-state index in [9.17, 15) is 39.9 Å². The molecule has 0 aromatic carbocycles. The Morgan fingerprint density at radius 1 is 1.09 bits per heavy atom. The second kappa shape index (κ2) is 5.48. The first kappa shape index (κ1) is 17.7. The number of hydrogen-bond donors (Lipinski definition) is 0. The van der Waals surface area contributed by atoms with Crippen LogP contribution in [0.15, 0.2) is 17.1 Å². The zero-order valence-electron chi connectivity index (χ0n) is 11.4. The fourth-order valence-electron chi connectivity index (χ4n) is 2.47. The van der Waals surface area contributed by atoms with E-state index in [4.69, 9.17) is 0 Å². The van der Waals surface area contributed by atoms with Crippen LogP contribution in [0.5, 0.6) is 0 Å². The molecule has 1 fully saturated rings. The predicted molar refractivity (Wildman–Crippen MR) is 63.0 cm³/mol. The van der Waals surface area contributed by atoms with E-state index >= 15 is 0 Å². The Morgan fingerprint density at radius 3 is 2.09 bits per heavy atom. The molecule has 1 heterocycles. The second-order valence-electron chi connectivity index (χ2n) is 5.56. The highest BCUT2D eigenvalue weighted by Crippen LogP contribution is 2.44.